The first-order chi connectivity index (χ1) is 11.6. The molecular formula is C18H18FN3OS. The van der Waals surface area contributed by atoms with Crippen LogP contribution in [0, 0.1) is 12.7 Å². The lowest BCUT2D eigenvalue weighted by Crippen LogP contribution is -2.04. The minimum atomic E-state index is -0.893. The fourth-order valence-corrected chi connectivity index (χ4v) is 3.25. The molecule has 0 aliphatic heterocycles. The van der Waals surface area contributed by atoms with Crippen LogP contribution in [0.25, 0.3) is 11.4 Å². The summed E-state index contributed by atoms with van der Waals surface area (Å²) in [5, 5.41) is 19.3. The fourth-order valence-electron chi connectivity index (χ4n) is 2.38. The smallest absolute Gasteiger partial charge is 0.191 e. The molecule has 2 aromatic carbocycles. The first-order valence-corrected chi connectivity index (χ1v) is 8.56. The Morgan fingerprint density at radius 2 is 1.83 bits per heavy atom. The van der Waals surface area contributed by atoms with E-state index in [1.165, 1.54) is 23.4 Å². The van der Waals surface area contributed by atoms with Gasteiger partial charge in [0, 0.05) is 23.9 Å². The molecule has 0 radical (unpaired) electrons. The predicted molar refractivity (Wildman–Crippen MR) is 93.3 cm³/mol. The molecule has 0 bridgehead atoms. The van der Waals surface area contributed by atoms with Crippen molar-refractivity contribution in [1.82, 2.24) is 14.8 Å². The number of thioether (sulfide) groups is 1. The third kappa shape index (κ3) is 3.49. The van der Waals surface area contributed by atoms with E-state index in [1.807, 2.05) is 42.8 Å². The second kappa shape index (κ2) is 7.15. The van der Waals surface area contributed by atoms with E-state index in [2.05, 4.69) is 10.2 Å². The van der Waals surface area contributed by atoms with Crippen molar-refractivity contribution in [2.75, 3.05) is 5.75 Å². The summed E-state index contributed by atoms with van der Waals surface area (Å²) in [5.41, 5.74) is 2.46. The molecule has 1 atom stereocenters. The van der Waals surface area contributed by atoms with Crippen molar-refractivity contribution < 1.29 is 9.50 Å². The molecule has 6 heteroatoms. The maximum atomic E-state index is 13.7. The van der Waals surface area contributed by atoms with E-state index in [1.54, 1.807) is 18.2 Å². The molecule has 0 aliphatic carbocycles. The van der Waals surface area contributed by atoms with Crippen molar-refractivity contribution in [3.63, 3.8) is 0 Å². The second-order valence-corrected chi connectivity index (χ2v) is 6.57. The van der Waals surface area contributed by atoms with Gasteiger partial charge in [0.25, 0.3) is 0 Å². The number of benzene rings is 2. The molecule has 0 saturated heterocycles. The van der Waals surface area contributed by atoms with Crippen LogP contribution in [0.5, 0.6) is 0 Å². The Labute approximate surface area is 144 Å². The summed E-state index contributed by atoms with van der Waals surface area (Å²) in [5.74, 6) is 0.669. The Bertz CT molecular complexity index is 833. The van der Waals surface area contributed by atoms with Crippen LogP contribution in [0.3, 0.4) is 0 Å². The minimum absolute atomic E-state index is 0.297. The molecule has 0 saturated carbocycles. The fraction of sp³-hybridized carbons (Fsp3) is 0.222. The number of nitrogens with zero attached hydrogens (tertiary/aromatic N) is 3. The number of hydrogen-bond acceptors (Lipinski definition) is 4. The lowest BCUT2D eigenvalue weighted by atomic mass is 10.1. The van der Waals surface area contributed by atoms with E-state index in [0.717, 1.165) is 11.4 Å². The van der Waals surface area contributed by atoms with Gasteiger partial charge in [-0.2, -0.15) is 0 Å². The molecule has 1 unspecified atom stereocenters. The van der Waals surface area contributed by atoms with Gasteiger partial charge >= 0.3 is 0 Å². The highest BCUT2D eigenvalue weighted by Crippen LogP contribution is 2.27. The van der Waals surface area contributed by atoms with Crippen molar-refractivity contribution in [2.24, 2.45) is 7.05 Å². The van der Waals surface area contributed by atoms with Crippen LogP contribution < -0.4 is 0 Å². The second-order valence-electron chi connectivity index (χ2n) is 5.58. The van der Waals surface area contributed by atoms with Gasteiger partial charge in [-0.15, -0.1) is 10.2 Å². The van der Waals surface area contributed by atoms with Gasteiger partial charge in [-0.1, -0.05) is 59.8 Å². The summed E-state index contributed by atoms with van der Waals surface area (Å²) >= 11 is 1.35. The van der Waals surface area contributed by atoms with Gasteiger partial charge in [0.05, 0.1) is 6.10 Å². The SMILES string of the molecule is Cc1ccc(-c2nnc(SCC(O)c3ccccc3F)n2C)cc1. The average Bonchev–Trinajstić information content (AvgIpc) is 2.95. The van der Waals surface area contributed by atoms with Gasteiger partial charge in [-0.3, -0.25) is 0 Å². The number of hydrogen-bond donors (Lipinski definition) is 1. The molecule has 3 aromatic rings. The molecule has 1 N–H and O–H groups in total. The van der Waals surface area contributed by atoms with Crippen LogP contribution in [0.1, 0.15) is 17.2 Å². The van der Waals surface area contributed by atoms with Crippen LogP contribution >= 0.6 is 11.8 Å². The van der Waals surface area contributed by atoms with E-state index in [4.69, 9.17) is 0 Å². The topological polar surface area (TPSA) is 50.9 Å². The molecule has 3 rings (SSSR count). The number of rotatable bonds is 5. The van der Waals surface area contributed by atoms with Gasteiger partial charge in [0.15, 0.2) is 11.0 Å². The van der Waals surface area contributed by atoms with E-state index in [0.29, 0.717) is 16.5 Å². The average molecular weight is 343 g/mol. The number of aliphatic hydroxyl groups is 1. The lowest BCUT2D eigenvalue weighted by molar-refractivity contribution is 0.199. The van der Waals surface area contributed by atoms with Crippen LogP contribution in [-0.4, -0.2) is 25.6 Å². The van der Waals surface area contributed by atoms with Crippen molar-refractivity contribution >= 4 is 11.8 Å². The minimum Gasteiger partial charge on any atom is -0.387 e. The van der Waals surface area contributed by atoms with E-state index in [9.17, 15) is 9.50 Å². The first kappa shape index (κ1) is 16.7. The monoisotopic (exact) mass is 343 g/mol. The Morgan fingerprint density at radius 1 is 1.12 bits per heavy atom. The Hall–Kier alpha value is -2.18. The number of aromatic nitrogens is 3. The third-order valence-electron chi connectivity index (χ3n) is 3.78. The summed E-state index contributed by atoms with van der Waals surface area (Å²) in [6, 6.07) is 14.3. The summed E-state index contributed by atoms with van der Waals surface area (Å²) in [6.45, 7) is 2.03. The molecule has 0 spiro atoms. The van der Waals surface area contributed by atoms with Crippen molar-refractivity contribution in [3.05, 3.63) is 65.5 Å². The van der Waals surface area contributed by atoms with Crippen molar-refractivity contribution in [3.8, 4) is 11.4 Å². The van der Waals surface area contributed by atoms with Gasteiger partial charge in [-0.05, 0) is 13.0 Å². The molecule has 0 fully saturated rings. The largest absolute Gasteiger partial charge is 0.387 e. The molecule has 0 amide bonds. The van der Waals surface area contributed by atoms with Crippen molar-refractivity contribution in [1.29, 1.82) is 0 Å². The zero-order chi connectivity index (χ0) is 17.1. The predicted octanol–water partition coefficient (Wildman–Crippen LogP) is 3.76. The van der Waals surface area contributed by atoms with Crippen LogP contribution in [0.2, 0.25) is 0 Å². The molecule has 1 heterocycles. The van der Waals surface area contributed by atoms with Gasteiger partial charge in [0.2, 0.25) is 0 Å². The van der Waals surface area contributed by atoms with Gasteiger partial charge < -0.3 is 9.67 Å². The zero-order valence-electron chi connectivity index (χ0n) is 13.5. The number of aliphatic hydroxyl groups excluding tert-OH is 1. The van der Waals surface area contributed by atoms with E-state index in [-0.39, 0.29) is 0 Å². The maximum Gasteiger partial charge on any atom is 0.191 e. The number of aryl methyl sites for hydroxylation is 1. The quantitative estimate of drug-likeness (QED) is 0.717. The standard InChI is InChI=1S/C18H18FN3OS/c1-12-7-9-13(10-8-12)17-20-21-18(22(17)2)24-11-16(23)14-5-3-4-6-15(14)19/h3-10,16,23H,11H2,1-2H3. The van der Waals surface area contributed by atoms with Gasteiger partial charge in [0.1, 0.15) is 5.82 Å². The van der Waals surface area contributed by atoms with Crippen LogP contribution in [-0.2, 0) is 7.05 Å². The van der Waals surface area contributed by atoms with Gasteiger partial charge in [-0.25, -0.2) is 4.39 Å². The highest BCUT2D eigenvalue weighted by molar-refractivity contribution is 7.99. The van der Waals surface area contributed by atoms with Crippen LogP contribution in [0.4, 0.5) is 4.39 Å². The zero-order valence-corrected chi connectivity index (χ0v) is 14.3. The van der Waals surface area contributed by atoms with Crippen LogP contribution in [0.15, 0.2) is 53.7 Å². The Kier molecular flexibility index (Phi) is 4.97. The summed E-state index contributed by atoms with van der Waals surface area (Å²) in [7, 11) is 1.88. The summed E-state index contributed by atoms with van der Waals surface area (Å²) in [6.07, 6.45) is -0.893. The normalized spacial score (nSPS) is 12.3. The maximum absolute atomic E-state index is 13.7. The summed E-state index contributed by atoms with van der Waals surface area (Å²) < 4.78 is 15.6. The Morgan fingerprint density at radius 3 is 2.54 bits per heavy atom. The molecule has 1 aromatic heterocycles. The molecule has 0 aliphatic rings. The molecular weight excluding hydrogens is 325 g/mol. The highest BCUT2D eigenvalue weighted by atomic mass is 32.2. The molecule has 24 heavy (non-hydrogen) atoms. The third-order valence-corrected chi connectivity index (χ3v) is 4.88. The number of halogens is 1. The lowest BCUT2D eigenvalue weighted by Gasteiger charge is -2.11. The van der Waals surface area contributed by atoms with Crippen molar-refractivity contribution in [2.45, 2.75) is 18.2 Å². The highest BCUT2D eigenvalue weighted by Gasteiger charge is 2.16. The first-order valence-electron chi connectivity index (χ1n) is 7.58. The summed E-state index contributed by atoms with van der Waals surface area (Å²) in [4.78, 5) is 0. The van der Waals surface area contributed by atoms with E-state index < -0.39 is 11.9 Å². The van der Waals surface area contributed by atoms with E-state index >= 15 is 0 Å². The molecule has 124 valence electrons. The Balaban J connectivity index is 1.73. The molecule has 4 nitrogen and oxygen atoms in total.